The average molecular weight is 184 g/mol. The molecule has 0 heterocycles. The standard InChI is InChI=1S/C10H20N2O/c1-7(5-11)6-12(3)10(13)9-4-8(9)2/h7-9H,4-6,11H2,1-3H3. The number of carbonyl (C=O) groups excluding carboxylic acids is 1. The number of amides is 1. The molecule has 0 saturated heterocycles. The number of rotatable bonds is 4. The first-order chi connectivity index (χ1) is 6.06. The predicted octanol–water partition coefficient (Wildman–Crippen LogP) is 0.696. The predicted molar refractivity (Wildman–Crippen MR) is 53.1 cm³/mol. The van der Waals surface area contributed by atoms with Crippen LogP contribution in [0.25, 0.3) is 0 Å². The maximum atomic E-state index is 11.7. The fourth-order valence-corrected chi connectivity index (χ4v) is 1.58. The number of hydrogen-bond acceptors (Lipinski definition) is 2. The zero-order valence-corrected chi connectivity index (χ0v) is 8.79. The molecule has 3 heteroatoms. The molecule has 1 saturated carbocycles. The molecular formula is C10H20N2O. The van der Waals surface area contributed by atoms with Gasteiger partial charge in [-0.3, -0.25) is 4.79 Å². The Morgan fingerprint density at radius 1 is 1.69 bits per heavy atom. The first-order valence-corrected chi connectivity index (χ1v) is 5.01. The van der Waals surface area contributed by atoms with Crippen molar-refractivity contribution in [1.29, 1.82) is 0 Å². The van der Waals surface area contributed by atoms with E-state index in [2.05, 4.69) is 13.8 Å². The van der Waals surface area contributed by atoms with E-state index in [1.165, 1.54) is 0 Å². The molecule has 0 aromatic heterocycles. The van der Waals surface area contributed by atoms with Crippen LogP contribution < -0.4 is 5.73 Å². The normalized spacial score (nSPS) is 28.3. The molecule has 0 aliphatic heterocycles. The SMILES string of the molecule is CC(CN)CN(C)C(=O)C1CC1C. The second kappa shape index (κ2) is 4.09. The summed E-state index contributed by atoms with van der Waals surface area (Å²) in [4.78, 5) is 13.5. The molecule has 0 aromatic rings. The van der Waals surface area contributed by atoms with Crippen molar-refractivity contribution < 1.29 is 4.79 Å². The molecule has 0 spiro atoms. The van der Waals surface area contributed by atoms with Gasteiger partial charge in [0.25, 0.3) is 0 Å². The van der Waals surface area contributed by atoms with E-state index in [1.54, 1.807) is 0 Å². The lowest BCUT2D eigenvalue weighted by molar-refractivity contribution is -0.132. The topological polar surface area (TPSA) is 46.3 Å². The summed E-state index contributed by atoms with van der Waals surface area (Å²) in [5, 5.41) is 0. The van der Waals surface area contributed by atoms with Gasteiger partial charge in [0.2, 0.25) is 5.91 Å². The van der Waals surface area contributed by atoms with Crippen LogP contribution in [-0.2, 0) is 4.79 Å². The highest BCUT2D eigenvalue weighted by molar-refractivity contribution is 5.81. The first-order valence-electron chi connectivity index (χ1n) is 5.01. The van der Waals surface area contributed by atoms with Crippen molar-refractivity contribution in [3.63, 3.8) is 0 Å². The van der Waals surface area contributed by atoms with Gasteiger partial charge in [-0.15, -0.1) is 0 Å². The molecular weight excluding hydrogens is 164 g/mol. The Morgan fingerprint density at radius 3 is 2.62 bits per heavy atom. The van der Waals surface area contributed by atoms with Crippen LogP contribution in [-0.4, -0.2) is 30.9 Å². The monoisotopic (exact) mass is 184 g/mol. The summed E-state index contributed by atoms with van der Waals surface area (Å²) < 4.78 is 0. The molecule has 0 radical (unpaired) electrons. The third-order valence-electron chi connectivity index (χ3n) is 2.79. The quantitative estimate of drug-likeness (QED) is 0.699. The Hall–Kier alpha value is -0.570. The van der Waals surface area contributed by atoms with Gasteiger partial charge in [0, 0.05) is 19.5 Å². The highest BCUT2D eigenvalue weighted by Gasteiger charge is 2.40. The fraction of sp³-hybridized carbons (Fsp3) is 0.900. The summed E-state index contributed by atoms with van der Waals surface area (Å²) in [5.74, 6) is 1.61. The molecule has 1 fully saturated rings. The van der Waals surface area contributed by atoms with E-state index in [1.807, 2.05) is 11.9 Å². The summed E-state index contributed by atoms with van der Waals surface area (Å²) in [6.07, 6.45) is 1.07. The molecule has 76 valence electrons. The zero-order chi connectivity index (χ0) is 10.0. The van der Waals surface area contributed by atoms with Gasteiger partial charge in [0.15, 0.2) is 0 Å². The Balaban J connectivity index is 2.30. The minimum Gasteiger partial charge on any atom is -0.345 e. The van der Waals surface area contributed by atoms with E-state index in [9.17, 15) is 4.79 Å². The van der Waals surface area contributed by atoms with Crippen LogP contribution in [0.5, 0.6) is 0 Å². The van der Waals surface area contributed by atoms with E-state index in [0.29, 0.717) is 30.2 Å². The molecule has 3 nitrogen and oxygen atoms in total. The summed E-state index contributed by atoms with van der Waals surface area (Å²) in [5.41, 5.74) is 5.50. The fourth-order valence-electron chi connectivity index (χ4n) is 1.58. The summed E-state index contributed by atoms with van der Waals surface area (Å²) in [7, 11) is 1.87. The number of nitrogens with two attached hydrogens (primary N) is 1. The molecule has 13 heavy (non-hydrogen) atoms. The van der Waals surface area contributed by atoms with Crippen LogP contribution >= 0.6 is 0 Å². The summed E-state index contributed by atoms with van der Waals surface area (Å²) in [6.45, 7) is 5.64. The van der Waals surface area contributed by atoms with Gasteiger partial charge in [0.1, 0.15) is 0 Å². The van der Waals surface area contributed by atoms with E-state index >= 15 is 0 Å². The summed E-state index contributed by atoms with van der Waals surface area (Å²) >= 11 is 0. The van der Waals surface area contributed by atoms with Crippen LogP contribution in [0.15, 0.2) is 0 Å². The maximum Gasteiger partial charge on any atom is 0.225 e. The second-order valence-electron chi connectivity index (χ2n) is 4.38. The Morgan fingerprint density at radius 2 is 2.23 bits per heavy atom. The van der Waals surface area contributed by atoms with Crippen LogP contribution in [0.4, 0.5) is 0 Å². The van der Waals surface area contributed by atoms with Crippen LogP contribution in [0.2, 0.25) is 0 Å². The molecule has 3 atom stereocenters. The number of hydrogen-bond donors (Lipinski definition) is 1. The van der Waals surface area contributed by atoms with Crippen LogP contribution in [0, 0.1) is 17.8 Å². The van der Waals surface area contributed by atoms with Gasteiger partial charge in [-0.1, -0.05) is 13.8 Å². The maximum absolute atomic E-state index is 11.7. The Bertz CT molecular complexity index is 193. The first kappa shape index (κ1) is 10.5. The van der Waals surface area contributed by atoms with Crippen molar-refractivity contribution in [2.45, 2.75) is 20.3 Å². The van der Waals surface area contributed by atoms with Gasteiger partial charge < -0.3 is 10.6 Å². The zero-order valence-electron chi connectivity index (χ0n) is 8.79. The van der Waals surface area contributed by atoms with E-state index in [0.717, 1.165) is 13.0 Å². The lowest BCUT2D eigenvalue weighted by Crippen LogP contribution is -2.34. The largest absolute Gasteiger partial charge is 0.345 e. The van der Waals surface area contributed by atoms with Gasteiger partial charge >= 0.3 is 0 Å². The number of carbonyl (C=O) groups is 1. The van der Waals surface area contributed by atoms with E-state index in [4.69, 9.17) is 5.73 Å². The molecule has 1 aliphatic carbocycles. The smallest absolute Gasteiger partial charge is 0.225 e. The third kappa shape index (κ3) is 2.69. The Labute approximate surface area is 80.3 Å². The van der Waals surface area contributed by atoms with Gasteiger partial charge in [0.05, 0.1) is 0 Å². The minimum absolute atomic E-state index is 0.299. The highest BCUT2D eigenvalue weighted by Crippen LogP contribution is 2.38. The van der Waals surface area contributed by atoms with Crippen molar-refractivity contribution >= 4 is 5.91 Å². The molecule has 0 bridgehead atoms. The van der Waals surface area contributed by atoms with Crippen molar-refractivity contribution in [3.8, 4) is 0 Å². The second-order valence-corrected chi connectivity index (χ2v) is 4.38. The molecule has 3 unspecified atom stereocenters. The van der Waals surface area contributed by atoms with Gasteiger partial charge in [-0.05, 0) is 24.8 Å². The lowest BCUT2D eigenvalue weighted by Gasteiger charge is -2.20. The molecule has 0 aromatic carbocycles. The van der Waals surface area contributed by atoms with E-state index in [-0.39, 0.29) is 0 Å². The van der Waals surface area contributed by atoms with Crippen LogP contribution in [0.1, 0.15) is 20.3 Å². The van der Waals surface area contributed by atoms with Crippen LogP contribution in [0.3, 0.4) is 0 Å². The molecule has 1 rings (SSSR count). The number of nitrogens with zero attached hydrogens (tertiary/aromatic N) is 1. The highest BCUT2D eigenvalue weighted by atomic mass is 16.2. The molecule has 1 aliphatic rings. The minimum atomic E-state index is 0.299. The van der Waals surface area contributed by atoms with Gasteiger partial charge in [-0.25, -0.2) is 0 Å². The van der Waals surface area contributed by atoms with Crippen molar-refractivity contribution in [1.82, 2.24) is 4.90 Å². The lowest BCUT2D eigenvalue weighted by atomic mass is 10.1. The van der Waals surface area contributed by atoms with Crippen molar-refractivity contribution in [2.24, 2.45) is 23.5 Å². The molecule has 1 amide bonds. The molecule has 2 N–H and O–H groups in total. The van der Waals surface area contributed by atoms with Gasteiger partial charge in [-0.2, -0.15) is 0 Å². The van der Waals surface area contributed by atoms with Crippen molar-refractivity contribution in [2.75, 3.05) is 20.1 Å². The third-order valence-corrected chi connectivity index (χ3v) is 2.79. The average Bonchev–Trinajstić information content (AvgIpc) is 2.81. The van der Waals surface area contributed by atoms with Crippen molar-refractivity contribution in [3.05, 3.63) is 0 Å². The van der Waals surface area contributed by atoms with E-state index < -0.39 is 0 Å². The Kier molecular flexibility index (Phi) is 3.31. The summed E-state index contributed by atoms with van der Waals surface area (Å²) in [6, 6.07) is 0.